The third-order valence-corrected chi connectivity index (χ3v) is 14.2. The van der Waals surface area contributed by atoms with Crippen molar-refractivity contribution < 1.29 is 28.5 Å². The largest absolute Gasteiger partial charge is 0.496 e. The number of aromatic nitrogens is 4. The van der Waals surface area contributed by atoms with Gasteiger partial charge in [-0.05, 0) is 82.8 Å². The van der Waals surface area contributed by atoms with Crippen molar-refractivity contribution in [1.29, 1.82) is 0 Å². The highest BCUT2D eigenvalue weighted by Gasteiger charge is 2.45. The first-order valence-corrected chi connectivity index (χ1v) is 27.7. The summed E-state index contributed by atoms with van der Waals surface area (Å²) < 4.78 is 25.9. The molecule has 5 heterocycles. The number of piperidine rings is 1. The number of amides is 1. The van der Waals surface area contributed by atoms with E-state index in [-0.39, 0.29) is 24.1 Å². The molecule has 2 aliphatic heterocycles. The first-order valence-electron chi connectivity index (χ1n) is 20.3. The van der Waals surface area contributed by atoms with Gasteiger partial charge in [-0.25, -0.2) is 9.78 Å². The predicted molar refractivity (Wildman–Crippen MR) is 231 cm³/mol. The molecule has 6 rings (SSSR count). The van der Waals surface area contributed by atoms with Gasteiger partial charge in [0.05, 0.1) is 24.6 Å². The molecule has 0 N–H and O–H groups in total. The number of nitrogens with zero attached hydrogens (tertiary/aromatic N) is 6. The number of pyridine rings is 1. The van der Waals surface area contributed by atoms with Crippen molar-refractivity contribution in [3.63, 3.8) is 0 Å². The van der Waals surface area contributed by atoms with E-state index in [9.17, 15) is 9.59 Å². The number of rotatable bonds is 16. The maximum atomic E-state index is 13.4. The smallest absolute Gasteiger partial charge is 0.410 e. The van der Waals surface area contributed by atoms with E-state index < -0.39 is 21.7 Å². The third-order valence-electron chi connectivity index (χ3n) is 10.8. The highest BCUT2D eigenvalue weighted by atomic mass is 28.3. The molecule has 2 aliphatic rings. The quantitative estimate of drug-likeness (QED) is 0.0468. The van der Waals surface area contributed by atoms with E-state index in [0.29, 0.717) is 38.0 Å². The molecular weight excluding hydrogens is 753 g/mol. The van der Waals surface area contributed by atoms with E-state index in [1.165, 1.54) is 0 Å². The van der Waals surface area contributed by atoms with E-state index >= 15 is 0 Å². The summed E-state index contributed by atoms with van der Waals surface area (Å²) in [5.74, 6) is 1.51. The van der Waals surface area contributed by atoms with Gasteiger partial charge in [0.2, 0.25) is 0 Å². The minimum absolute atomic E-state index is 0.0924. The van der Waals surface area contributed by atoms with Gasteiger partial charge in [0.25, 0.3) is 0 Å². The lowest BCUT2D eigenvalue weighted by Crippen LogP contribution is -2.48. The average Bonchev–Trinajstić information content (AvgIpc) is 3.69. The molecule has 2 bridgehead atoms. The van der Waals surface area contributed by atoms with Crippen LogP contribution in [0.15, 0.2) is 48.8 Å². The summed E-state index contributed by atoms with van der Waals surface area (Å²) in [6.45, 7) is 22.0. The average molecular weight is 815 g/mol. The Kier molecular flexibility index (Phi) is 13.0. The summed E-state index contributed by atoms with van der Waals surface area (Å²) >= 11 is 0. The maximum absolute atomic E-state index is 13.4. The molecule has 3 aromatic heterocycles. The Labute approximate surface area is 340 Å². The Morgan fingerprint density at radius 3 is 2.07 bits per heavy atom. The zero-order valence-electron chi connectivity index (χ0n) is 35.6. The number of hydrogen-bond acceptors (Lipinski definition) is 10. The van der Waals surface area contributed by atoms with Gasteiger partial charge in [-0.2, -0.15) is 9.61 Å². The van der Waals surface area contributed by atoms with Crippen LogP contribution >= 0.6 is 0 Å². The topological polar surface area (TPSA) is 121 Å². The number of ether oxygens (including phenoxy) is 4. The van der Waals surface area contributed by atoms with Crippen molar-refractivity contribution in [3.05, 3.63) is 60.0 Å². The Morgan fingerprint density at radius 2 is 1.53 bits per heavy atom. The van der Waals surface area contributed by atoms with Crippen LogP contribution in [0, 0.1) is 0 Å². The van der Waals surface area contributed by atoms with Crippen LogP contribution < -0.4 is 9.64 Å². The number of hydrogen-bond donors (Lipinski definition) is 0. The monoisotopic (exact) mass is 814 g/mol. The highest BCUT2D eigenvalue weighted by molar-refractivity contribution is 6.76. The fourth-order valence-corrected chi connectivity index (χ4v) is 9.13. The molecule has 0 spiro atoms. The molecule has 308 valence electrons. The van der Waals surface area contributed by atoms with E-state index in [0.717, 1.165) is 83.6 Å². The van der Waals surface area contributed by atoms with Crippen molar-refractivity contribution in [2.75, 3.05) is 38.7 Å². The number of carbonyl (C=O) groups is 2. The molecule has 2 fully saturated rings. The van der Waals surface area contributed by atoms with Gasteiger partial charge in [0.1, 0.15) is 30.6 Å². The van der Waals surface area contributed by atoms with Crippen molar-refractivity contribution in [2.45, 2.75) is 121 Å². The molecule has 57 heavy (non-hydrogen) atoms. The van der Waals surface area contributed by atoms with Gasteiger partial charge in [-0.1, -0.05) is 45.3 Å². The van der Waals surface area contributed by atoms with Gasteiger partial charge in [0, 0.05) is 82.0 Å². The summed E-state index contributed by atoms with van der Waals surface area (Å²) in [5, 5.41) is 4.94. The molecule has 0 radical (unpaired) electrons. The molecule has 4 aromatic rings. The molecule has 1 amide bonds. The summed E-state index contributed by atoms with van der Waals surface area (Å²) in [4.78, 5) is 39.4. The molecule has 0 saturated carbocycles. The minimum atomic E-state index is -1.30. The number of fused-ring (bicyclic) bond motifs is 3. The van der Waals surface area contributed by atoms with Gasteiger partial charge >= 0.3 is 6.09 Å². The molecule has 12 nitrogen and oxygen atoms in total. The fourth-order valence-electron chi connectivity index (χ4n) is 7.62. The number of aldehydes is 1. The number of methoxy groups -OCH3 is 1. The standard InChI is InChI=1S/C43H62N6O6Si2/c1-43(2,3)55-42(51)48-34-13-14-35(48)23-32(22-34)38-24-40(47(28-53-17-19-56(5,6)7)29-54-18-20-57(8,9)10)49-41(46-38)36(26-45-49)31-11-15-37(44-25-31)30-12-16-39(52-4)33(21-30)27-50/h11-12,15-16,21,24-27,32,34-35H,13-14,17-20,22-23,28-29H2,1-10H3/t32-,34-,35+. The summed E-state index contributed by atoms with van der Waals surface area (Å²) in [6.07, 6.45) is 7.79. The second-order valence-corrected chi connectivity index (χ2v) is 30.3. The highest BCUT2D eigenvalue weighted by Crippen LogP contribution is 2.44. The molecule has 1 aromatic carbocycles. The fraction of sp³-hybridized carbons (Fsp3) is 0.558. The van der Waals surface area contributed by atoms with Gasteiger partial charge in [-0.15, -0.1) is 0 Å². The van der Waals surface area contributed by atoms with Crippen LogP contribution in [-0.4, -0.2) is 104 Å². The van der Waals surface area contributed by atoms with Crippen LogP contribution in [-0.2, 0) is 14.2 Å². The van der Waals surface area contributed by atoms with Gasteiger partial charge in [0.15, 0.2) is 11.9 Å². The van der Waals surface area contributed by atoms with E-state index in [1.807, 2.05) is 60.8 Å². The molecule has 14 heteroatoms. The second kappa shape index (κ2) is 17.4. The Bertz CT molecular complexity index is 1980. The van der Waals surface area contributed by atoms with Crippen LogP contribution in [0.5, 0.6) is 5.75 Å². The lowest BCUT2D eigenvalue weighted by atomic mass is 9.88. The van der Waals surface area contributed by atoms with Crippen molar-refractivity contribution in [2.24, 2.45) is 0 Å². The molecule has 0 aliphatic carbocycles. The van der Waals surface area contributed by atoms with Gasteiger partial charge < -0.3 is 28.7 Å². The summed E-state index contributed by atoms with van der Waals surface area (Å²) in [5.41, 5.74) is 4.89. The maximum Gasteiger partial charge on any atom is 0.410 e. The SMILES string of the molecule is COc1ccc(-c2ccc(-c3cnn4c(N(COCC[Si](C)(C)C)COCC[Si](C)(C)C)cc([C@@H]5C[C@H]6CC[C@@H](C5)N6C(=O)OC(C)(C)C)nc34)cn2)cc1C=O. The number of benzene rings is 1. The van der Waals surface area contributed by atoms with Crippen LogP contribution in [0.25, 0.3) is 28.0 Å². The Balaban J connectivity index is 1.37. The van der Waals surface area contributed by atoms with E-state index in [4.69, 9.17) is 34.0 Å². The Morgan fingerprint density at radius 1 is 0.895 bits per heavy atom. The minimum Gasteiger partial charge on any atom is -0.496 e. The normalized spacial score (nSPS) is 18.6. The van der Waals surface area contributed by atoms with Crippen LogP contribution in [0.3, 0.4) is 0 Å². The molecular formula is C43H62N6O6Si2. The lowest BCUT2D eigenvalue weighted by Gasteiger charge is -2.39. The lowest BCUT2D eigenvalue weighted by molar-refractivity contribution is 0.00568. The molecule has 2 saturated heterocycles. The zero-order valence-corrected chi connectivity index (χ0v) is 37.6. The second-order valence-electron chi connectivity index (χ2n) is 19.0. The van der Waals surface area contributed by atoms with Crippen LogP contribution in [0.2, 0.25) is 51.4 Å². The van der Waals surface area contributed by atoms with Crippen molar-refractivity contribution in [1.82, 2.24) is 24.5 Å². The summed E-state index contributed by atoms with van der Waals surface area (Å²) in [6, 6.07) is 13.9. The van der Waals surface area contributed by atoms with E-state index in [1.54, 1.807) is 19.2 Å². The number of anilines is 1. The number of carbonyl (C=O) groups excluding carboxylic acids is 2. The Hall–Kier alpha value is -4.12. The van der Waals surface area contributed by atoms with Crippen LogP contribution in [0.4, 0.5) is 10.6 Å². The first-order chi connectivity index (χ1) is 26.9. The van der Waals surface area contributed by atoms with Crippen molar-refractivity contribution >= 4 is 40.0 Å². The van der Waals surface area contributed by atoms with E-state index in [2.05, 4.69) is 50.2 Å². The first kappa shape index (κ1) is 42.5. The van der Waals surface area contributed by atoms with Crippen LogP contribution in [0.1, 0.15) is 68.4 Å². The molecule has 3 atom stereocenters. The zero-order chi connectivity index (χ0) is 41.1. The third kappa shape index (κ3) is 10.7. The summed E-state index contributed by atoms with van der Waals surface area (Å²) in [7, 11) is -1.05. The predicted octanol–water partition coefficient (Wildman–Crippen LogP) is 9.36. The van der Waals surface area contributed by atoms with Crippen molar-refractivity contribution in [3.8, 4) is 28.1 Å². The molecule has 0 unspecified atom stereocenters. The van der Waals surface area contributed by atoms with Gasteiger partial charge in [-0.3, -0.25) is 9.78 Å².